The Bertz CT molecular complexity index is 1060. The van der Waals surface area contributed by atoms with Crippen LogP contribution in [0.15, 0.2) is 29.3 Å². The number of fused-ring (bicyclic) bond motifs is 1. The van der Waals surface area contributed by atoms with E-state index in [2.05, 4.69) is 15.3 Å². The number of benzene rings is 1. The van der Waals surface area contributed by atoms with Crippen LogP contribution in [-0.2, 0) is 4.79 Å². The van der Waals surface area contributed by atoms with E-state index in [1.165, 1.54) is 11.3 Å². The summed E-state index contributed by atoms with van der Waals surface area (Å²) in [5.41, 5.74) is 7.50. The molecule has 0 aliphatic rings. The lowest BCUT2D eigenvalue weighted by Gasteiger charge is -2.09. The molecule has 0 bridgehead atoms. The van der Waals surface area contributed by atoms with Gasteiger partial charge in [-0.25, -0.2) is 9.97 Å². The van der Waals surface area contributed by atoms with Crippen molar-refractivity contribution in [2.45, 2.75) is 11.9 Å². The molecule has 0 aliphatic carbocycles. The summed E-state index contributed by atoms with van der Waals surface area (Å²) in [6.07, 6.45) is 0. The van der Waals surface area contributed by atoms with Gasteiger partial charge >= 0.3 is 0 Å². The van der Waals surface area contributed by atoms with Gasteiger partial charge in [0, 0.05) is 0 Å². The standard InChI is InChI=1S/C17H12N6OS2/c1-9-10(6-18)15(20)23-16(11(9)7-19)25-8-14(24)22-17-21-12-4-2-3-5-13(12)26-17/h2-5H,8H2,1H3,(H2,20,23)(H,21,22,24). The maximum Gasteiger partial charge on any atom is 0.236 e. The number of pyridine rings is 1. The second-order valence-corrected chi connectivity index (χ2v) is 7.22. The number of carbonyl (C=O) groups excluding carboxylic acids is 1. The molecule has 0 saturated carbocycles. The molecule has 26 heavy (non-hydrogen) atoms. The van der Waals surface area contributed by atoms with Crippen molar-refractivity contribution in [2.75, 3.05) is 16.8 Å². The van der Waals surface area contributed by atoms with Crippen molar-refractivity contribution in [3.63, 3.8) is 0 Å². The third-order valence-electron chi connectivity index (χ3n) is 3.55. The number of para-hydroxylation sites is 1. The molecule has 0 unspecified atom stereocenters. The molecule has 128 valence electrons. The maximum atomic E-state index is 12.2. The molecular weight excluding hydrogens is 368 g/mol. The first kappa shape index (κ1) is 17.7. The smallest absolute Gasteiger partial charge is 0.236 e. The Morgan fingerprint density at radius 3 is 2.69 bits per heavy atom. The number of nitrogen functional groups attached to an aromatic ring is 1. The summed E-state index contributed by atoms with van der Waals surface area (Å²) >= 11 is 2.48. The fraction of sp³-hybridized carbons (Fsp3) is 0.118. The molecule has 0 saturated heterocycles. The minimum Gasteiger partial charge on any atom is -0.383 e. The molecule has 0 aliphatic heterocycles. The topological polar surface area (TPSA) is 128 Å². The van der Waals surface area contributed by atoms with E-state index >= 15 is 0 Å². The van der Waals surface area contributed by atoms with Crippen LogP contribution < -0.4 is 11.1 Å². The summed E-state index contributed by atoms with van der Waals surface area (Å²) in [4.78, 5) is 20.6. The first-order valence-electron chi connectivity index (χ1n) is 7.42. The number of nitrogens with zero attached hydrogens (tertiary/aromatic N) is 4. The predicted molar refractivity (Wildman–Crippen MR) is 102 cm³/mol. The number of hydrogen-bond acceptors (Lipinski definition) is 8. The van der Waals surface area contributed by atoms with Crippen LogP contribution in [0.4, 0.5) is 10.9 Å². The number of amides is 1. The van der Waals surface area contributed by atoms with E-state index in [1.807, 2.05) is 36.4 Å². The quantitative estimate of drug-likeness (QED) is 0.665. The number of thiazole rings is 1. The molecule has 1 amide bonds. The summed E-state index contributed by atoms with van der Waals surface area (Å²) in [6.45, 7) is 1.64. The average molecular weight is 380 g/mol. The molecule has 0 radical (unpaired) electrons. The second kappa shape index (κ2) is 7.40. The average Bonchev–Trinajstić information content (AvgIpc) is 3.02. The third-order valence-corrected chi connectivity index (χ3v) is 5.47. The van der Waals surface area contributed by atoms with Gasteiger partial charge in [0.25, 0.3) is 0 Å². The van der Waals surface area contributed by atoms with Crippen LogP contribution in [0.2, 0.25) is 0 Å². The van der Waals surface area contributed by atoms with Crippen LogP contribution in [-0.4, -0.2) is 21.6 Å². The lowest BCUT2D eigenvalue weighted by atomic mass is 10.1. The van der Waals surface area contributed by atoms with Crippen LogP contribution in [0.1, 0.15) is 16.7 Å². The Morgan fingerprint density at radius 1 is 1.27 bits per heavy atom. The molecule has 0 atom stereocenters. The fourth-order valence-electron chi connectivity index (χ4n) is 2.29. The van der Waals surface area contributed by atoms with Gasteiger partial charge in [0.1, 0.15) is 23.0 Å². The van der Waals surface area contributed by atoms with E-state index in [-0.39, 0.29) is 28.6 Å². The van der Waals surface area contributed by atoms with E-state index < -0.39 is 0 Å². The second-order valence-electron chi connectivity index (χ2n) is 5.22. The first-order chi connectivity index (χ1) is 12.5. The number of nitriles is 2. The van der Waals surface area contributed by atoms with Crippen molar-refractivity contribution in [1.82, 2.24) is 9.97 Å². The zero-order chi connectivity index (χ0) is 18.7. The highest BCUT2D eigenvalue weighted by molar-refractivity contribution is 8.00. The van der Waals surface area contributed by atoms with Crippen molar-refractivity contribution >= 4 is 50.2 Å². The lowest BCUT2D eigenvalue weighted by molar-refractivity contribution is -0.113. The predicted octanol–water partition coefficient (Wildman–Crippen LogP) is 3.06. The molecule has 0 fully saturated rings. The van der Waals surface area contributed by atoms with E-state index in [1.54, 1.807) is 6.92 Å². The first-order valence-corrected chi connectivity index (χ1v) is 9.22. The van der Waals surface area contributed by atoms with Crippen LogP contribution in [0.25, 0.3) is 10.2 Å². The lowest BCUT2D eigenvalue weighted by Crippen LogP contribution is -2.14. The molecule has 0 spiro atoms. The summed E-state index contributed by atoms with van der Waals surface area (Å²) in [5, 5.41) is 22.0. The number of anilines is 2. The summed E-state index contributed by atoms with van der Waals surface area (Å²) in [6, 6.07) is 11.6. The number of hydrogen-bond donors (Lipinski definition) is 2. The summed E-state index contributed by atoms with van der Waals surface area (Å²) < 4.78 is 0.986. The maximum absolute atomic E-state index is 12.2. The molecule has 3 aromatic rings. The number of rotatable bonds is 4. The number of nitrogens with one attached hydrogen (secondary N) is 1. The fourth-order valence-corrected chi connectivity index (χ4v) is 4.02. The highest BCUT2D eigenvalue weighted by Crippen LogP contribution is 2.29. The van der Waals surface area contributed by atoms with Crippen molar-refractivity contribution < 1.29 is 4.79 Å². The molecule has 2 heterocycles. The number of carbonyl (C=O) groups is 1. The van der Waals surface area contributed by atoms with Crippen molar-refractivity contribution in [2.24, 2.45) is 0 Å². The molecule has 2 aromatic heterocycles. The molecule has 9 heteroatoms. The zero-order valence-electron chi connectivity index (χ0n) is 13.6. The molecular formula is C17H12N6OS2. The Morgan fingerprint density at radius 2 is 2.00 bits per heavy atom. The SMILES string of the molecule is Cc1c(C#N)c(N)nc(SCC(=O)Nc2nc3ccccc3s2)c1C#N. The van der Waals surface area contributed by atoms with E-state index in [0.717, 1.165) is 22.0 Å². The number of nitrogens with two attached hydrogens (primary N) is 1. The van der Waals surface area contributed by atoms with Gasteiger partial charge in [-0.2, -0.15) is 10.5 Å². The molecule has 3 rings (SSSR count). The minimum atomic E-state index is -0.264. The minimum absolute atomic E-state index is 0.0440. The van der Waals surface area contributed by atoms with Gasteiger partial charge in [-0.3, -0.25) is 4.79 Å². The van der Waals surface area contributed by atoms with Crippen molar-refractivity contribution in [1.29, 1.82) is 10.5 Å². The van der Waals surface area contributed by atoms with Gasteiger partial charge in [0.15, 0.2) is 5.13 Å². The van der Waals surface area contributed by atoms with Crippen LogP contribution in [0.5, 0.6) is 0 Å². The van der Waals surface area contributed by atoms with Gasteiger partial charge < -0.3 is 11.1 Å². The Labute approximate surface area is 157 Å². The number of thioether (sulfide) groups is 1. The van der Waals surface area contributed by atoms with Gasteiger partial charge in [-0.15, -0.1) is 0 Å². The van der Waals surface area contributed by atoms with Crippen molar-refractivity contribution in [3.05, 3.63) is 41.0 Å². The summed E-state index contributed by atoms with van der Waals surface area (Å²) in [7, 11) is 0. The number of aromatic nitrogens is 2. The molecule has 3 N–H and O–H groups in total. The van der Waals surface area contributed by atoms with E-state index in [0.29, 0.717) is 15.7 Å². The Kier molecular flexibility index (Phi) is 5.03. The van der Waals surface area contributed by atoms with Crippen LogP contribution in [0, 0.1) is 29.6 Å². The van der Waals surface area contributed by atoms with Gasteiger partial charge in [0.2, 0.25) is 5.91 Å². The summed E-state index contributed by atoms with van der Waals surface area (Å²) in [5.74, 6) is -0.166. The Balaban J connectivity index is 1.73. The monoisotopic (exact) mass is 380 g/mol. The van der Waals surface area contributed by atoms with Crippen LogP contribution >= 0.6 is 23.1 Å². The Hall–Kier alpha value is -3.14. The normalized spacial score (nSPS) is 10.3. The highest BCUT2D eigenvalue weighted by atomic mass is 32.2. The van der Waals surface area contributed by atoms with Gasteiger partial charge in [-0.1, -0.05) is 35.2 Å². The highest BCUT2D eigenvalue weighted by Gasteiger charge is 2.17. The third kappa shape index (κ3) is 3.45. The zero-order valence-corrected chi connectivity index (χ0v) is 15.2. The van der Waals surface area contributed by atoms with E-state index in [4.69, 9.17) is 11.0 Å². The van der Waals surface area contributed by atoms with Crippen LogP contribution in [0.3, 0.4) is 0 Å². The van der Waals surface area contributed by atoms with Crippen molar-refractivity contribution in [3.8, 4) is 12.1 Å². The van der Waals surface area contributed by atoms with Gasteiger partial charge in [-0.05, 0) is 24.6 Å². The molecule has 7 nitrogen and oxygen atoms in total. The molecule has 1 aromatic carbocycles. The van der Waals surface area contributed by atoms with E-state index in [9.17, 15) is 10.1 Å². The van der Waals surface area contributed by atoms with Gasteiger partial charge in [0.05, 0.1) is 27.1 Å². The largest absolute Gasteiger partial charge is 0.383 e.